The molecule has 0 radical (unpaired) electrons. The maximum Gasteiger partial charge on any atom is 0.309 e. The fourth-order valence-corrected chi connectivity index (χ4v) is 3.73. The highest BCUT2D eigenvalue weighted by molar-refractivity contribution is 5.84. The summed E-state index contributed by atoms with van der Waals surface area (Å²) in [5, 5.41) is 9.92. The van der Waals surface area contributed by atoms with E-state index in [2.05, 4.69) is 6.92 Å². The molecule has 1 saturated heterocycles. The number of allylic oxidation sites excluding steroid dienone is 4. The van der Waals surface area contributed by atoms with E-state index < -0.39 is 5.97 Å². The molecule has 5 nitrogen and oxygen atoms in total. The standard InChI is InChI=1S/C24H26FNO4/c1-2-3-8-29-21-6-7-22-18(11-21)12-23(30-22)17-5-4-16(9-20(25)10-17)13-26-14-19(15-26)24(27)28/h4-7,9,11-12,19H,2-3,8,10,13-15H2,1H3,(H,27,28). The van der Waals surface area contributed by atoms with Crippen molar-refractivity contribution in [3.63, 3.8) is 0 Å². The summed E-state index contributed by atoms with van der Waals surface area (Å²) >= 11 is 0. The molecule has 0 amide bonds. The highest BCUT2D eigenvalue weighted by Gasteiger charge is 2.32. The molecule has 158 valence electrons. The van der Waals surface area contributed by atoms with Crippen LogP contribution >= 0.6 is 0 Å². The number of halogens is 1. The summed E-state index contributed by atoms with van der Waals surface area (Å²) < 4.78 is 26.2. The van der Waals surface area contributed by atoms with Crippen molar-refractivity contribution in [3.8, 4) is 5.75 Å². The van der Waals surface area contributed by atoms with Crippen molar-refractivity contribution in [2.24, 2.45) is 5.92 Å². The van der Waals surface area contributed by atoms with Gasteiger partial charge < -0.3 is 14.3 Å². The summed E-state index contributed by atoms with van der Waals surface area (Å²) in [4.78, 5) is 13.0. The number of nitrogens with zero attached hydrogens (tertiary/aromatic N) is 1. The molecular weight excluding hydrogens is 385 g/mol. The van der Waals surface area contributed by atoms with Crippen LogP contribution in [0.25, 0.3) is 16.5 Å². The van der Waals surface area contributed by atoms with E-state index in [4.69, 9.17) is 14.3 Å². The van der Waals surface area contributed by atoms with Crippen LogP contribution in [0, 0.1) is 5.92 Å². The lowest BCUT2D eigenvalue weighted by Crippen LogP contribution is -2.50. The SMILES string of the molecule is CCCCOc1ccc2oc(C3=CC=C(CN4CC(C(=O)O)C4)C=C(F)C3)cc2c1. The highest BCUT2D eigenvalue weighted by atomic mass is 19.1. The molecule has 0 bridgehead atoms. The zero-order valence-corrected chi connectivity index (χ0v) is 17.1. The van der Waals surface area contributed by atoms with Crippen molar-refractivity contribution in [1.82, 2.24) is 4.90 Å². The Hall–Kier alpha value is -2.86. The van der Waals surface area contributed by atoms with Gasteiger partial charge in [-0.15, -0.1) is 0 Å². The fourth-order valence-electron chi connectivity index (χ4n) is 3.73. The van der Waals surface area contributed by atoms with Gasteiger partial charge >= 0.3 is 5.97 Å². The number of unbranched alkanes of at least 4 members (excludes halogenated alkanes) is 1. The quantitative estimate of drug-likeness (QED) is 0.606. The molecule has 2 heterocycles. The number of carboxylic acids is 1. The zero-order valence-electron chi connectivity index (χ0n) is 17.1. The van der Waals surface area contributed by atoms with Crippen molar-refractivity contribution in [1.29, 1.82) is 0 Å². The summed E-state index contributed by atoms with van der Waals surface area (Å²) in [6, 6.07) is 7.65. The minimum atomic E-state index is -0.770. The number of furan rings is 1. The predicted molar refractivity (Wildman–Crippen MR) is 114 cm³/mol. The molecule has 1 aliphatic carbocycles. The number of carboxylic acid groups (broad SMARTS) is 1. The van der Waals surface area contributed by atoms with E-state index in [1.54, 1.807) is 6.08 Å². The fraction of sp³-hybridized carbons (Fsp3) is 0.375. The lowest BCUT2D eigenvalue weighted by Gasteiger charge is -2.36. The first-order valence-electron chi connectivity index (χ1n) is 10.4. The molecule has 1 aromatic carbocycles. The number of likely N-dealkylation sites (tertiary alicyclic amines) is 1. The largest absolute Gasteiger partial charge is 0.494 e. The molecule has 1 aromatic heterocycles. The van der Waals surface area contributed by atoms with Gasteiger partial charge in [-0.1, -0.05) is 25.5 Å². The smallest absolute Gasteiger partial charge is 0.309 e. The lowest BCUT2D eigenvalue weighted by molar-refractivity contribution is -0.147. The summed E-state index contributed by atoms with van der Waals surface area (Å²) in [5.74, 6) is 0.133. The van der Waals surface area contributed by atoms with E-state index in [9.17, 15) is 9.18 Å². The second kappa shape index (κ2) is 8.88. The van der Waals surface area contributed by atoms with Gasteiger partial charge in [0.05, 0.1) is 12.5 Å². The van der Waals surface area contributed by atoms with Crippen LogP contribution in [0.2, 0.25) is 0 Å². The molecule has 4 rings (SSSR count). The van der Waals surface area contributed by atoms with Gasteiger partial charge in [-0.2, -0.15) is 0 Å². The number of rotatable bonds is 8. The molecule has 0 spiro atoms. The second-order valence-electron chi connectivity index (χ2n) is 7.94. The Kier molecular flexibility index (Phi) is 6.04. The van der Waals surface area contributed by atoms with Gasteiger partial charge in [0.2, 0.25) is 0 Å². The molecule has 30 heavy (non-hydrogen) atoms. The van der Waals surface area contributed by atoms with Gasteiger partial charge in [-0.25, -0.2) is 4.39 Å². The first kappa shape index (κ1) is 20.4. The molecule has 1 N–H and O–H groups in total. The third-order valence-corrected chi connectivity index (χ3v) is 5.48. The third-order valence-electron chi connectivity index (χ3n) is 5.48. The van der Waals surface area contributed by atoms with Crippen LogP contribution in [-0.4, -0.2) is 42.2 Å². The van der Waals surface area contributed by atoms with E-state index in [1.807, 2.05) is 41.3 Å². The monoisotopic (exact) mass is 411 g/mol. The number of ether oxygens (including phenoxy) is 1. The Morgan fingerprint density at radius 2 is 2.13 bits per heavy atom. The summed E-state index contributed by atoms with van der Waals surface area (Å²) in [5.41, 5.74) is 2.34. The lowest BCUT2D eigenvalue weighted by atomic mass is 9.99. The molecule has 2 aliphatic rings. The van der Waals surface area contributed by atoms with Gasteiger partial charge in [0.1, 0.15) is 22.9 Å². The van der Waals surface area contributed by atoms with Gasteiger partial charge in [0, 0.05) is 37.0 Å². The molecule has 6 heteroatoms. The predicted octanol–water partition coefficient (Wildman–Crippen LogP) is 5.20. The maximum absolute atomic E-state index is 14.5. The molecule has 0 atom stereocenters. The van der Waals surface area contributed by atoms with E-state index in [-0.39, 0.29) is 18.2 Å². The molecular formula is C24H26FNO4. The topological polar surface area (TPSA) is 62.9 Å². The van der Waals surface area contributed by atoms with Gasteiger partial charge in [-0.05, 0) is 42.3 Å². The number of benzene rings is 1. The number of fused-ring (bicyclic) bond motifs is 1. The molecule has 0 unspecified atom stereocenters. The number of hydrogen-bond acceptors (Lipinski definition) is 4. The minimum Gasteiger partial charge on any atom is -0.494 e. The van der Waals surface area contributed by atoms with Crippen LogP contribution in [0.5, 0.6) is 5.75 Å². The van der Waals surface area contributed by atoms with E-state index >= 15 is 0 Å². The Morgan fingerprint density at radius 3 is 2.90 bits per heavy atom. The van der Waals surface area contributed by atoms with Crippen LogP contribution in [-0.2, 0) is 4.79 Å². The van der Waals surface area contributed by atoms with Crippen LogP contribution in [0.15, 0.2) is 58.3 Å². The highest BCUT2D eigenvalue weighted by Crippen LogP contribution is 2.33. The second-order valence-corrected chi connectivity index (χ2v) is 7.94. The van der Waals surface area contributed by atoms with Crippen molar-refractivity contribution in [2.45, 2.75) is 26.2 Å². The van der Waals surface area contributed by atoms with E-state index in [0.717, 1.165) is 40.7 Å². The Labute approximate surface area is 175 Å². The van der Waals surface area contributed by atoms with Crippen LogP contribution in [0.1, 0.15) is 31.9 Å². The van der Waals surface area contributed by atoms with Crippen LogP contribution < -0.4 is 4.74 Å². The van der Waals surface area contributed by atoms with Crippen molar-refractivity contribution in [3.05, 3.63) is 59.7 Å². The van der Waals surface area contributed by atoms with Gasteiger partial charge in [-0.3, -0.25) is 9.69 Å². The maximum atomic E-state index is 14.5. The first-order valence-corrected chi connectivity index (χ1v) is 10.4. The number of hydrogen-bond donors (Lipinski definition) is 1. The zero-order chi connectivity index (χ0) is 21.1. The average Bonchev–Trinajstić information content (AvgIpc) is 3.00. The van der Waals surface area contributed by atoms with E-state index in [0.29, 0.717) is 32.0 Å². The summed E-state index contributed by atoms with van der Waals surface area (Å²) in [6.07, 6.45) is 7.58. The number of carbonyl (C=O) groups is 1. The van der Waals surface area contributed by atoms with Gasteiger partial charge in [0.25, 0.3) is 0 Å². The summed E-state index contributed by atoms with van der Waals surface area (Å²) in [7, 11) is 0. The minimum absolute atomic E-state index is 0.164. The molecule has 1 aliphatic heterocycles. The average molecular weight is 411 g/mol. The first-order chi connectivity index (χ1) is 14.5. The van der Waals surface area contributed by atoms with Crippen molar-refractivity contribution < 1.29 is 23.4 Å². The Morgan fingerprint density at radius 1 is 1.30 bits per heavy atom. The van der Waals surface area contributed by atoms with Crippen molar-refractivity contribution >= 4 is 22.5 Å². The normalized spacial score (nSPS) is 17.7. The van der Waals surface area contributed by atoms with Gasteiger partial charge in [0.15, 0.2) is 0 Å². The Balaban J connectivity index is 1.48. The van der Waals surface area contributed by atoms with Crippen molar-refractivity contribution in [2.75, 3.05) is 26.2 Å². The summed E-state index contributed by atoms with van der Waals surface area (Å²) in [6.45, 7) is 4.36. The third kappa shape index (κ3) is 4.65. The van der Waals surface area contributed by atoms with Crippen LogP contribution in [0.3, 0.4) is 0 Å². The molecule has 0 saturated carbocycles. The Bertz CT molecular complexity index is 1030. The van der Waals surface area contributed by atoms with Crippen LogP contribution in [0.4, 0.5) is 4.39 Å². The number of aliphatic carboxylic acids is 1. The van der Waals surface area contributed by atoms with E-state index in [1.165, 1.54) is 0 Å². The molecule has 1 fully saturated rings. The molecule has 2 aromatic rings.